The second-order valence-electron chi connectivity index (χ2n) is 6.44. The monoisotopic (exact) mass is 276 g/mol. The van der Waals surface area contributed by atoms with E-state index in [9.17, 15) is 0 Å². The molecule has 1 unspecified atom stereocenters. The molecule has 0 aliphatic rings. The van der Waals surface area contributed by atoms with Crippen molar-refractivity contribution < 1.29 is 0 Å². The molecule has 0 radical (unpaired) electrons. The lowest BCUT2D eigenvalue weighted by Crippen LogP contribution is -2.23. The van der Waals surface area contributed by atoms with Crippen LogP contribution in [0.3, 0.4) is 0 Å². The van der Waals surface area contributed by atoms with Gasteiger partial charge in [-0.3, -0.25) is 0 Å². The molecular weight excluding hydrogens is 244 g/mol. The van der Waals surface area contributed by atoms with Gasteiger partial charge in [-0.15, -0.1) is 0 Å². The summed E-state index contributed by atoms with van der Waals surface area (Å²) in [6.07, 6.45) is 1.20. The molecule has 0 aliphatic carbocycles. The Balaban J connectivity index is 2.47. The fourth-order valence-corrected chi connectivity index (χ4v) is 2.56. The maximum Gasteiger partial charge on any atom is 0.0230 e. The van der Waals surface area contributed by atoms with E-state index in [-0.39, 0.29) is 0 Å². The zero-order chi connectivity index (χ0) is 15.0. The number of rotatable bonds is 9. The maximum absolute atomic E-state index is 3.49. The third kappa shape index (κ3) is 6.53. The molecule has 0 saturated heterocycles. The molecule has 0 amide bonds. The van der Waals surface area contributed by atoms with Crippen molar-refractivity contribution >= 4 is 0 Å². The van der Waals surface area contributed by atoms with Crippen LogP contribution in [-0.2, 0) is 6.54 Å². The first-order chi connectivity index (χ1) is 9.52. The zero-order valence-electron chi connectivity index (χ0n) is 13.9. The summed E-state index contributed by atoms with van der Waals surface area (Å²) < 4.78 is 0. The Morgan fingerprint density at radius 2 is 1.75 bits per heavy atom. The summed E-state index contributed by atoms with van der Waals surface area (Å²) in [6.45, 7) is 13.4. The average molecular weight is 276 g/mol. The maximum atomic E-state index is 3.49. The van der Waals surface area contributed by atoms with Gasteiger partial charge in [-0.05, 0) is 43.0 Å². The van der Waals surface area contributed by atoms with Crippen molar-refractivity contribution in [1.82, 2.24) is 10.2 Å². The molecule has 0 aliphatic heterocycles. The number of hydrogen-bond donors (Lipinski definition) is 1. The predicted octanol–water partition coefficient (Wildman–Crippen LogP) is 3.88. The van der Waals surface area contributed by atoms with Crippen molar-refractivity contribution in [1.29, 1.82) is 0 Å². The molecule has 0 aromatic heterocycles. The highest BCUT2D eigenvalue weighted by molar-refractivity contribution is 5.25. The van der Waals surface area contributed by atoms with Crippen molar-refractivity contribution in [3.05, 3.63) is 35.4 Å². The van der Waals surface area contributed by atoms with Crippen LogP contribution in [-0.4, -0.2) is 31.6 Å². The molecule has 1 atom stereocenters. The molecule has 0 bridgehead atoms. The highest BCUT2D eigenvalue weighted by atomic mass is 15.1. The highest BCUT2D eigenvalue weighted by Gasteiger charge is 2.06. The molecule has 114 valence electrons. The summed E-state index contributed by atoms with van der Waals surface area (Å²) in [6, 6.07) is 9.14. The van der Waals surface area contributed by atoms with Gasteiger partial charge in [-0.2, -0.15) is 0 Å². The SMILES string of the molecule is CCCNCC(C)c1ccc(CN(C)CC(C)C)cc1. The van der Waals surface area contributed by atoms with Gasteiger partial charge >= 0.3 is 0 Å². The largest absolute Gasteiger partial charge is 0.316 e. The highest BCUT2D eigenvalue weighted by Crippen LogP contribution is 2.16. The topological polar surface area (TPSA) is 15.3 Å². The van der Waals surface area contributed by atoms with Gasteiger partial charge in [-0.25, -0.2) is 0 Å². The van der Waals surface area contributed by atoms with Crippen molar-refractivity contribution in [2.45, 2.75) is 46.6 Å². The summed E-state index contributed by atoms with van der Waals surface area (Å²) in [4.78, 5) is 2.39. The Bertz CT molecular complexity index is 356. The molecule has 0 spiro atoms. The molecule has 2 heteroatoms. The minimum absolute atomic E-state index is 0.587. The molecule has 0 saturated carbocycles. The van der Waals surface area contributed by atoms with Crippen LogP contribution in [0.2, 0.25) is 0 Å². The summed E-state index contributed by atoms with van der Waals surface area (Å²) in [5, 5.41) is 3.49. The molecule has 0 heterocycles. The van der Waals surface area contributed by atoms with Gasteiger partial charge < -0.3 is 10.2 Å². The van der Waals surface area contributed by atoms with Crippen molar-refractivity contribution in [2.24, 2.45) is 5.92 Å². The van der Waals surface area contributed by atoms with Gasteiger partial charge in [0.05, 0.1) is 0 Å². The van der Waals surface area contributed by atoms with Gasteiger partial charge in [0.2, 0.25) is 0 Å². The Kier molecular flexibility index (Phi) is 7.86. The third-order valence-corrected chi connectivity index (χ3v) is 3.56. The van der Waals surface area contributed by atoms with E-state index in [1.807, 2.05) is 0 Å². The average Bonchev–Trinajstić information content (AvgIpc) is 2.38. The summed E-state index contributed by atoms with van der Waals surface area (Å²) in [5.41, 5.74) is 2.84. The van der Waals surface area contributed by atoms with Crippen LogP contribution in [0.1, 0.15) is 51.2 Å². The number of nitrogens with one attached hydrogen (secondary N) is 1. The predicted molar refractivity (Wildman–Crippen MR) is 89.2 cm³/mol. The van der Waals surface area contributed by atoms with Crippen molar-refractivity contribution in [3.8, 4) is 0 Å². The van der Waals surface area contributed by atoms with Crippen molar-refractivity contribution in [2.75, 3.05) is 26.7 Å². The molecule has 0 fully saturated rings. The summed E-state index contributed by atoms with van der Waals surface area (Å²) >= 11 is 0. The molecule has 2 nitrogen and oxygen atoms in total. The van der Waals surface area contributed by atoms with E-state index in [1.54, 1.807) is 0 Å². The number of nitrogens with zero attached hydrogens (tertiary/aromatic N) is 1. The lowest BCUT2D eigenvalue weighted by atomic mass is 9.99. The number of benzene rings is 1. The van der Waals surface area contributed by atoms with Gasteiger partial charge in [0.15, 0.2) is 0 Å². The number of hydrogen-bond acceptors (Lipinski definition) is 2. The van der Waals surface area contributed by atoms with Crippen molar-refractivity contribution in [3.63, 3.8) is 0 Å². The molecule has 1 aromatic carbocycles. The first kappa shape index (κ1) is 17.2. The first-order valence-corrected chi connectivity index (χ1v) is 8.01. The van der Waals surface area contributed by atoms with E-state index >= 15 is 0 Å². The van der Waals surface area contributed by atoms with Gasteiger partial charge in [0.25, 0.3) is 0 Å². The van der Waals surface area contributed by atoms with Crippen LogP contribution in [0.15, 0.2) is 24.3 Å². The molecule has 1 rings (SSSR count). The minimum Gasteiger partial charge on any atom is -0.316 e. The Morgan fingerprint density at radius 3 is 2.30 bits per heavy atom. The fourth-order valence-electron chi connectivity index (χ4n) is 2.56. The van der Waals surface area contributed by atoms with E-state index in [0.717, 1.165) is 32.1 Å². The van der Waals surface area contributed by atoms with E-state index in [2.05, 4.69) is 69.2 Å². The van der Waals surface area contributed by atoms with Crippen LogP contribution in [0.5, 0.6) is 0 Å². The van der Waals surface area contributed by atoms with Gasteiger partial charge in [0.1, 0.15) is 0 Å². The molecular formula is C18H32N2. The zero-order valence-corrected chi connectivity index (χ0v) is 13.9. The van der Waals surface area contributed by atoms with Gasteiger partial charge in [0, 0.05) is 19.6 Å². The summed E-state index contributed by atoms with van der Waals surface area (Å²) in [7, 11) is 2.20. The van der Waals surface area contributed by atoms with Gasteiger partial charge in [-0.1, -0.05) is 52.0 Å². The van der Waals surface area contributed by atoms with E-state index in [4.69, 9.17) is 0 Å². The normalized spacial score (nSPS) is 13.2. The lowest BCUT2D eigenvalue weighted by molar-refractivity contribution is 0.288. The Labute approximate surface area is 125 Å². The second-order valence-corrected chi connectivity index (χ2v) is 6.44. The van der Waals surface area contributed by atoms with Crippen LogP contribution >= 0.6 is 0 Å². The lowest BCUT2D eigenvalue weighted by Gasteiger charge is -2.19. The molecule has 1 N–H and O–H groups in total. The van der Waals surface area contributed by atoms with E-state index in [0.29, 0.717) is 5.92 Å². The first-order valence-electron chi connectivity index (χ1n) is 8.01. The third-order valence-electron chi connectivity index (χ3n) is 3.56. The van der Waals surface area contributed by atoms with Crippen LogP contribution < -0.4 is 5.32 Å². The molecule has 20 heavy (non-hydrogen) atoms. The quantitative estimate of drug-likeness (QED) is 0.689. The fraction of sp³-hybridized carbons (Fsp3) is 0.667. The van der Waals surface area contributed by atoms with E-state index in [1.165, 1.54) is 17.5 Å². The van der Waals surface area contributed by atoms with Crippen LogP contribution in [0.4, 0.5) is 0 Å². The second kappa shape index (κ2) is 9.15. The Hall–Kier alpha value is -0.860. The summed E-state index contributed by atoms with van der Waals surface area (Å²) in [5.74, 6) is 1.31. The smallest absolute Gasteiger partial charge is 0.0230 e. The van der Waals surface area contributed by atoms with E-state index < -0.39 is 0 Å². The van der Waals surface area contributed by atoms with Crippen LogP contribution in [0, 0.1) is 5.92 Å². The van der Waals surface area contributed by atoms with Crippen LogP contribution in [0.25, 0.3) is 0 Å². The standard InChI is InChI=1S/C18H32N2/c1-6-11-19-12-16(4)18-9-7-17(8-10-18)14-20(5)13-15(2)3/h7-10,15-16,19H,6,11-14H2,1-5H3. The minimum atomic E-state index is 0.587. The molecule has 1 aromatic rings. The Morgan fingerprint density at radius 1 is 1.10 bits per heavy atom.